The topological polar surface area (TPSA) is 0 Å². The van der Waals surface area contributed by atoms with Crippen LogP contribution in [0.2, 0.25) is 0 Å². The van der Waals surface area contributed by atoms with E-state index in [4.69, 9.17) is 0 Å². The van der Waals surface area contributed by atoms with Gasteiger partial charge in [0.05, 0.1) is 0 Å². The summed E-state index contributed by atoms with van der Waals surface area (Å²) in [6, 6.07) is 0. The van der Waals surface area contributed by atoms with Gasteiger partial charge in [-0.05, 0) is 0 Å². The van der Waals surface area contributed by atoms with E-state index in [1.54, 1.807) is 0 Å². The zero-order chi connectivity index (χ0) is 4.83. The molecule has 0 amide bonds. The van der Waals surface area contributed by atoms with E-state index < -0.39 is 0 Å². The van der Waals surface area contributed by atoms with Gasteiger partial charge >= 0.3 is 0 Å². The predicted octanol–water partition coefficient (Wildman–Crippen LogP) is 2.21. The molecule has 1 heteroatoms. The van der Waals surface area contributed by atoms with Crippen molar-refractivity contribution in [2.24, 2.45) is 0 Å². The molecule has 0 aliphatic heterocycles. The van der Waals surface area contributed by atoms with Gasteiger partial charge in [-0.15, -0.1) is 0 Å². The number of hydrogen-bond acceptors (Lipinski definition) is 0. The largest absolute Gasteiger partial charge is 0.346 e. The summed E-state index contributed by atoms with van der Waals surface area (Å²) in [5.74, 6) is 0. The van der Waals surface area contributed by atoms with Crippen LogP contribution in [-0.4, -0.2) is 0 Å². The maximum Gasteiger partial charge on any atom is 0 e. The fraction of sp³-hybridized carbons (Fsp3) is 0.667. The Hall–Kier alpha value is 1.10. The van der Waals surface area contributed by atoms with Crippen LogP contribution < -0.4 is 0 Å². The molecule has 0 aliphatic carbocycles. The second-order valence-electron chi connectivity index (χ2n) is 1.34. The second kappa shape index (κ2) is 10.2. The molecule has 0 spiro atoms. The average molecular weight is 173 g/mol. The molecule has 0 bridgehead atoms. The molecule has 7 heavy (non-hydrogen) atoms. The Balaban J connectivity index is 0. The summed E-state index contributed by atoms with van der Waals surface area (Å²) in [4.78, 5) is 0. The summed E-state index contributed by atoms with van der Waals surface area (Å²) in [6.45, 7) is 5.84. The van der Waals surface area contributed by atoms with E-state index in [-0.39, 0.29) is 32.7 Å². The van der Waals surface area contributed by atoms with E-state index in [2.05, 4.69) is 20.3 Å². The van der Waals surface area contributed by atoms with Crippen molar-refractivity contribution in [2.75, 3.05) is 0 Å². The molecule has 0 rings (SSSR count). The van der Waals surface area contributed by atoms with Gasteiger partial charge in [0.25, 0.3) is 0 Å². The van der Waals surface area contributed by atoms with Crippen LogP contribution in [0.15, 0.2) is 0 Å². The van der Waals surface area contributed by atoms with Gasteiger partial charge in [-0.25, -0.2) is 12.8 Å². The van der Waals surface area contributed by atoms with Crippen molar-refractivity contribution in [1.29, 1.82) is 0 Å². The molecule has 0 fully saturated rings. The van der Waals surface area contributed by atoms with Crippen LogP contribution in [0, 0.1) is 13.3 Å². The number of unbranched alkanes of at least 4 members (excludes halogenated alkanes) is 3. The van der Waals surface area contributed by atoms with Gasteiger partial charge in [-0.1, -0.05) is 6.92 Å². The first-order chi connectivity index (χ1) is 2.91. The molecule has 0 aliphatic rings. The molecule has 0 aromatic rings. The molecule has 0 unspecified atom stereocenters. The number of hydrogen-bond donors (Lipinski definition) is 0. The van der Waals surface area contributed by atoms with E-state index in [0.29, 0.717) is 0 Å². The zero-order valence-electron chi connectivity index (χ0n) is 4.98. The van der Waals surface area contributed by atoms with E-state index in [0.717, 1.165) is 6.42 Å². The SMILES string of the molecule is [CH2-]CC[CH-]CC.[Y]. The minimum absolute atomic E-state index is 0. The first kappa shape index (κ1) is 11.0. The summed E-state index contributed by atoms with van der Waals surface area (Å²) < 4.78 is 0. The van der Waals surface area contributed by atoms with Crippen LogP contribution in [0.3, 0.4) is 0 Å². The summed E-state index contributed by atoms with van der Waals surface area (Å²) in [7, 11) is 0. The van der Waals surface area contributed by atoms with E-state index in [1.165, 1.54) is 12.8 Å². The number of rotatable bonds is 3. The fourth-order valence-corrected chi connectivity index (χ4v) is 0.348. The van der Waals surface area contributed by atoms with Gasteiger partial charge in [0.15, 0.2) is 0 Å². The van der Waals surface area contributed by atoms with Gasteiger partial charge in [-0.2, -0.15) is 6.42 Å². The quantitative estimate of drug-likeness (QED) is 0.453. The van der Waals surface area contributed by atoms with Crippen LogP contribution in [0.1, 0.15) is 26.2 Å². The molecule has 41 valence electrons. The average Bonchev–Trinajstić information content (AvgIpc) is 1.61. The Bertz CT molecular complexity index is 16.1. The van der Waals surface area contributed by atoms with Crippen molar-refractivity contribution < 1.29 is 32.7 Å². The maximum atomic E-state index is 3.69. The van der Waals surface area contributed by atoms with Crippen LogP contribution in [0.5, 0.6) is 0 Å². The van der Waals surface area contributed by atoms with E-state index in [1.807, 2.05) is 0 Å². The van der Waals surface area contributed by atoms with Crippen molar-refractivity contribution in [3.63, 3.8) is 0 Å². The van der Waals surface area contributed by atoms with Crippen LogP contribution in [0.4, 0.5) is 0 Å². The molecule has 0 nitrogen and oxygen atoms in total. The predicted molar refractivity (Wildman–Crippen MR) is 29.2 cm³/mol. The molecule has 0 heterocycles. The van der Waals surface area contributed by atoms with Crippen molar-refractivity contribution in [1.82, 2.24) is 0 Å². The standard InChI is InChI=1S/C6H12.Y/c1-3-5-6-4-2;/h6H,1,3-5H2,2H3;/q-2;. The Labute approximate surface area is 71.9 Å². The molecule has 1 radical (unpaired) electrons. The van der Waals surface area contributed by atoms with Gasteiger partial charge in [0.1, 0.15) is 0 Å². The minimum atomic E-state index is 0. The third-order valence-corrected chi connectivity index (χ3v) is 0.697. The molecule has 0 N–H and O–H groups in total. The van der Waals surface area contributed by atoms with Crippen molar-refractivity contribution in [3.05, 3.63) is 13.3 Å². The molecule has 0 aromatic carbocycles. The monoisotopic (exact) mass is 173 g/mol. The normalized spacial score (nSPS) is 7.71. The second-order valence-corrected chi connectivity index (χ2v) is 1.34. The van der Waals surface area contributed by atoms with Crippen molar-refractivity contribution in [3.8, 4) is 0 Å². The smallest absolute Gasteiger partial charge is 0 e. The summed E-state index contributed by atoms with van der Waals surface area (Å²) in [6.07, 6.45) is 5.66. The third-order valence-electron chi connectivity index (χ3n) is 0.697. The Morgan fingerprint density at radius 3 is 2.29 bits per heavy atom. The van der Waals surface area contributed by atoms with Crippen LogP contribution >= 0.6 is 0 Å². The maximum absolute atomic E-state index is 3.69. The molecular formula is C6H12Y-2. The summed E-state index contributed by atoms with van der Waals surface area (Å²) in [5, 5.41) is 0. The van der Waals surface area contributed by atoms with Gasteiger partial charge in [-0.3, -0.25) is 0 Å². The van der Waals surface area contributed by atoms with Crippen LogP contribution in [0.25, 0.3) is 0 Å². The van der Waals surface area contributed by atoms with Gasteiger partial charge in [0, 0.05) is 32.7 Å². The first-order valence-corrected chi connectivity index (χ1v) is 2.52. The Morgan fingerprint density at radius 2 is 2.14 bits per heavy atom. The molecule has 0 saturated heterocycles. The summed E-state index contributed by atoms with van der Waals surface area (Å²) in [5.41, 5.74) is 0. The van der Waals surface area contributed by atoms with Crippen molar-refractivity contribution >= 4 is 0 Å². The Kier molecular flexibility index (Phi) is 15.9. The molecule has 0 atom stereocenters. The fourth-order valence-electron chi connectivity index (χ4n) is 0.348. The first-order valence-electron chi connectivity index (χ1n) is 2.52. The zero-order valence-corrected chi connectivity index (χ0v) is 7.82. The summed E-state index contributed by atoms with van der Waals surface area (Å²) >= 11 is 0. The van der Waals surface area contributed by atoms with Gasteiger partial charge in [0.2, 0.25) is 0 Å². The third kappa shape index (κ3) is 11.0. The molecule has 0 aromatic heterocycles. The van der Waals surface area contributed by atoms with E-state index in [9.17, 15) is 0 Å². The molecular weight excluding hydrogens is 161 g/mol. The molecule has 0 saturated carbocycles. The van der Waals surface area contributed by atoms with Crippen molar-refractivity contribution in [2.45, 2.75) is 26.2 Å². The van der Waals surface area contributed by atoms with Crippen LogP contribution in [-0.2, 0) is 32.7 Å². The minimum Gasteiger partial charge on any atom is -0.346 e. The van der Waals surface area contributed by atoms with Gasteiger partial charge < -0.3 is 13.3 Å². The van der Waals surface area contributed by atoms with E-state index >= 15 is 0 Å². The Morgan fingerprint density at radius 1 is 1.57 bits per heavy atom.